The fraction of sp³-hybridized carbons (Fsp3) is 0.133. The summed E-state index contributed by atoms with van der Waals surface area (Å²) < 4.78 is 0. The average molecular weight is 300 g/mol. The van der Waals surface area contributed by atoms with Crippen molar-refractivity contribution in [1.29, 1.82) is 0 Å². The van der Waals surface area contributed by atoms with Gasteiger partial charge in [-0.05, 0) is 48.5 Å². The fourth-order valence-electron chi connectivity index (χ4n) is 1.67. The van der Waals surface area contributed by atoms with E-state index in [1.54, 1.807) is 18.3 Å². The Hall–Kier alpha value is -2.47. The van der Waals surface area contributed by atoms with E-state index >= 15 is 0 Å². The van der Waals surface area contributed by atoms with Gasteiger partial charge in [-0.15, -0.1) is 0 Å². The highest BCUT2D eigenvalue weighted by Crippen LogP contribution is 2.09. The molecule has 21 heavy (non-hydrogen) atoms. The van der Waals surface area contributed by atoms with Crippen molar-refractivity contribution in [3.63, 3.8) is 0 Å². The van der Waals surface area contributed by atoms with Crippen LogP contribution in [0.15, 0.2) is 48.8 Å². The smallest absolute Gasteiger partial charge is 0.271 e. The molecule has 0 atom stereocenters. The Morgan fingerprint density at radius 1 is 1.19 bits per heavy atom. The quantitative estimate of drug-likeness (QED) is 0.599. The van der Waals surface area contributed by atoms with Crippen LogP contribution >= 0.6 is 12.2 Å². The zero-order valence-corrected chi connectivity index (χ0v) is 12.4. The molecule has 0 aliphatic rings. The summed E-state index contributed by atoms with van der Waals surface area (Å²) in [5.74, 6) is -0.298. The minimum Gasteiger partial charge on any atom is -0.331 e. The molecule has 0 saturated heterocycles. The number of hydrazine groups is 1. The first-order valence-corrected chi connectivity index (χ1v) is 6.96. The number of rotatable bonds is 3. The van der Waals surface area contributed by atoms with Gasteiger partial charge >= 0.3 is 0 Å². The maximum Gasteiger partial charge on any atom is 0.271 e. The summed E-state index contributed by atoms with van der Waals surface area (Å²) >= 11 is 5.11. The third kappa shape index (κ3) is 4.54. The summed E-state index contributed by atoms with van der Waals surface area (Å²) in [4.78, 5) is 15.7. The number of nitrogens with one attached hydrogen (secondary N) is 3. The number of aryl methyl sites for hydroxylation is 1. The van der Waals surface area contributed by atoms with E-state index in [4.69, 9.17) is 12.2 Å². The predicted molar refractivity (Wildman–Crippen MR) is 86.9 cm³/mol. The van der Waals surface area contributed by atoms with Gasteiger partial charge < -0.3 is 5.32 Å². The molecule has 2 aromatic rings. The maximum absolute atomic E-state index is 11.8. The van der Waals surface area contributed by atoms with Gasteiger partial charge in [0.2, 0.25) is 0 Å². The molecular formula is C15H16N4OS. The van der Waals surface area contributed by atoms with E-state index in [9.17, 15) is 4.79 Å². The Balaban J connectivity index is 1.83. The van der Waals surface area contributed by atoms with Gasteiger partial charge in [0.25, 0.3) is 5.91 Å². The second kappa shape index (κ2) is 7.35. The van der Waals surface area contributed by atoms with Gasteiger partial charge in [0.05, 0.1) is 5.56 Å². The monoisotopic (exact) mass is 300 g/mol. The highest BCUT2D eigenvalue weighted by molar-refractivity contribution is 7.80. The summed E-state index contributed by atoms with van der Waals surface area (Å²) in [5, 5.41) is 3.31. The van der Waals surface area contributed by atoms with Crippen molar-refractivity contribution in [1.82, 2.24) is 15.8 Å². The predicted octanol–water partition coefficient (Wildman–Crippen LogP) is 2.28. The van der Waals surface area contributed by atoms with Crippen molar-refractivity contribution in [3.8, 4) is 0 Å². The third-order valence-electron chi connectivity index (χ3n) is 2.83. The van der Waals surface area contributed by atoms with E-state index in [2.05, 4.69) is 28.1 Å². The number of hydrogen-bond acceptors (Lipinski definition) is 3. The molecule has 5 nitrogen and oxygen atoms in total. The maximum atomic E-state index is 11.8. The number of hydrogen-bond donors (Lipinski definition) is 3. The number of amides is 1. The van der Waals surface area contributed by atoms with Gasteiger partial charge in [-0.1, -0.05) is 19.1 Å². The van der Waals surface area contributed by atoms with Crippen molar-refractivity contribution in [2.45, 2.75) is 13.3 Å². The van der Waals surface area contributed by atoms with Crippen LogP contribution in [0.3, 0.4) is 0 Å². The summed E-state index contributed by atoms with van der Waals surface area (Å²) in [5.41, 5.74) is 7.73. The standard InChI is InChI=1S/C15H16N4OS/c1-2-11-5-7-13(8-6-11)17-15(21)19-18-14(20)12-4-3-9-16-10-12/h3-10H,2H2,1H3,(H,18,20)(H2,17,19,21). The van der Waals surface area contributed by atoms with Crippen LogP contribution in [0.5, 0.6) is 0 Å². The van der Waals surface area contributed by atoms with Crippen LogP contribution < -0.4 is 16.2 Å². The molecule has 6 heteroatoms. The van der Waals surface area contributed by atoms with E-state index in [0.29, 0.717) is 10.7 Å². The lowest BCUT2D eigenvalue weighted by Crippen LogP contribution is -2.43. The van der Waals surface area contributed by atoms with Gasteiger partial charge in [0, 0.05) is 18.1 Å². The van der Waals surface area contributed by atoms with E-state index in [1.165, 1.54) is 11.8 Å². The number of nitrogens with zero attached hydrogens (tertiary/aromatic N) is 1. The van der Waals surface area contributed by atoms with E-state index in [0.717, 1.165) is 12.1 Å². The van der Waals surface area contributed by atoms with Crippen molar-refractivity contribution < 1.29 is 4.79 Å². The van der Waals surface area contributed by atoms with Crippen LogP contribution in [-0.2, 0) is 6.42 Å². The molecule has 0 aliphatic carbocycles. The molecule has 0 radical (unpaired) electrons. The van der Waals surface area contributed by atoms with Crippen LogP contribution in [-0.4, -0.2) is 16.0 Å². The Kier molecular flexibility index (Phi) is 5.22. The van der Waals surface area contributed by atoms with Crippen LogP contribution in [0.4, 0.5) is 5.69 Å². The van der Waals surface area contributed by atoms with Gasteiger partial charge in [-0.2, -0.15) is 0 Å². The highest BCUT2D eigenvalue weighted by atomic mass is 32.1. The van der Waals surface area contributed by atoms with Crippen molar-refractivity contribution in [3.05, 3.63) is 59.9 Å². The highest BCUT2D eigenvalue weighted by Gasteiger charge is 2.05. The van der Waals surface area contributed by atoms with E-state index in [1.807, 2.05) is 24.3 Å². The first-order valence-electron chi connectivity index (χ1n) is 6.55. The number of carbonyl (C=O) groups is 1. The first kappa shape index (κ1) is 14.9. The Labute approximate surface area is 128 Å². The fourth-order valence-corrected chi connectivity index (χ4v) is 1.84. The van der Waals surface area contributed by atoms with Crippen LogP contribution in [0.1, 0.15) is 22.8 Å². The summed E-state index contributed by atoms with van der Waals surface area (Å²) in [6, 6.07) is 11.3. The molecule has 0 spiro atoms. The summed E-state index contributed by atoms with van der Waals surface area (Å²) in [7, 11) is 0. The largest absolute Gasteiger partial charge is 0.331 e. The molecule has 1 amide bonds. The van der Waals surface area contributed by atoms with Crippen molar-refractivity contribution >= 4 is 28.9 Å². The summed E-state index contributed by atoms with van der Waals surface area (Å²) in [6.07, 6.45) is 4.08. The normalized spacial score (nSPS) is 9.76. The second-order valence-corrected chi connectivity index (χ2v) is 4.73. The van der Waals surface area contributed by atoms with Crippen LogP contribution in [0.25, 0.3) is 0 Å². The van der Waals surface area contributed by atoms with Crippen molar-refractivity contribution in [2.75, 3.05) is 5.32 Å². The van der Waals surface area contributed by atoms with E-state index in [-0.39, 0.29) is 5.91 Å². The van der Waals surface area contributed by atoms with Gasteiger partial charge in [-0.25, -0.2) is 0 Å². The number of pyridine rings is 1. The molecule has 2 rings (SSSR count). The molecule has 1 heterocycles. The molecule has 0 fully saturated rings. The first-order chi connectivity index (χ1) is 10.2. The lowest BCUT2D eigenvalue weighted by molar-refractivity contribution is 0.0944. The SMILES string of the molecule is CCc1ccc(NC(=S)NNC(=O)c2cccnc2)cc1. The van der Waals surface area contributed by atoms with Gasteiger partial charge in [0.15, 0.2) is 5.11 Å². The molecule has 0 aliphatic heterocycles. The molecule has 1 aromatic carbocycles. The van der Waals surface area contributed by atoms with Crippen molar-refractivity contribution in [2.24, 2.45) is 0 Å². The number of carbonyl (C=O) groups excluding carboxylic acids is 1. The molecule has 108 valence electrons. The lowest BCUT2D eigenvalue weighted by atomic mass is 10.1. The number of aromatic nitrogens is 1. The topological polar surface area (TPSA) is 66.0 Å². The Morgan fingerprint density at radius 3 is 2.57 bits per heavy atom. The Morgan fingerprint density at radius 2 is 1.95 bits per heavy atom. The van der Waals surface area contributed by atoms with Crippen LogP contribution in [0, 0.1) is 0 Å². The molecule has 0 bridgehead atoms. The molecular weight excluding hydrogens is 284 g/mol. The second-order valence-electron chi connectivity index (χ2n) is 4.33. The van der Waals surface area contributed by atoms with Gasteiger partial charge in [-0.3, -0.25) is 20.6 Å². The van der Waals surface area contributed by atoms with Gasteiger partial charge in [0.1, 0.15) is 0 Å². The third-order valence-corrected chi connectivity index (χ3v) is 3.04. The van der Waals surface area contributed by atoms with Crippen LogP contribution in [0.2, 0.25) is 0 Å². The average Bonchev–Trinajstić information content (AvgIpc) is 2.54. The van der Waals surface area contributed by atoms with E-state index < -0.39 is 0 Å². The Bertz CT molecular complexity index is 613. The number of thiocarbonyl (C=S) groups is 1. The number of anilines is 1. The zero-order valence-electron chi connectivity index (χ0n) is 11.6. The molecule has 1 aromatic heterocycles. The minimum atomic E-state index is -0.298. The minimum absolute atomic E-state index is 0.298. The lowest BCUT2D eigenvalue weighted by Gasteiger charge is -2.11. The molecule has 0 unspecified atom stereocenters. The zero-order chi connectivity index (χ0) is 15.1. The molecule has 0 saturated carbocycles. The summed E-state index contributed by atoms with van der Waals surface area (Å²) in [6.45, 7) is 2.10. The number of benzene rings is 1. The molecule has 3 N–H and O–H groups in total.